The second-order valence-electron chi connectivity index (χ2n) is 5.04. The maximum atomic E-state index is 11.3. The van der Waals surface area contributed by atoms with Gasteiger partial charge in [0.25, 0.3) is 0 Å². The maximum absolute atomic E-state index is 11.3. The van der Waals surface area contributed by atoms with Crippen molar-refractivity contribution in [1.29, 1.82) is 0 Å². The van der Waals surface area contributed by atoms with Crippen molar-refractivity contribution in [2.24, 2.45) is 17.3 Å². The molecule has 0 heterocycles. The van der Waals surface area contributed by atoms with Crippen LogP contribution in [0.25, 0.3) is 0 Å². The van der Waals surface area contributed by atoms with Gasteiger partial charge in [-0.15, -0.1) is 0 Å². The van der Waals surface area contributed by atoms with Crippen molar-refractivity contribution >= 4 is 5.97 Å². The highest BCUT2D eigenvalue weighted by Crippen LogP contribution is 2.50. The van der Waals surface area contributed by atoms with Crippen molar-refractivity contribution < 1.29 is 15.0 Å². The molecule has 0 aromatic heterocycles. The van der Waals surface area contributed by atoms with E-state index in [0.717, 1.165) is 32.1 Å². The first-order valence-corrected chi connectivity index (χ1v) is 5.50. The van der Waals surface area contributed by atoms with Gasteiger partial charge < -0.3 is 10.2 Å². The number of hydrogen-bond donors (Lipinski definition) is 2. The van der Waals surface area contributed by atoms with E-state index in [2.05, 4.69) is 0 Å². The van der Waals surface area contributed by atoms with E-state index in [4.69, 9.17) is 5.11 Å². The lowest BCUT2D eigenvalue weighted by molar-refractivity contribution is -0.157. The van der Waals surface area contributed by atoms with Crippen LogP contribution in [0.15, 0.2) is 0 Å². The monoisotopic (exact) mass is 198 g/mol. The quantitative estimate of drug-likeness (QED) is 0.709. The molecule has 3 nitrogen and oxygen atoms in total. The van der Waals surface area contributed by atoms with Gasteiger partial charge >= 0.3 is 5.97 Å². The minimum atomic E-state index is -0.639. The Morgan fingerprint density at radius 3 is 2.86 bits per heavy atom. The van der Waals surface area contributed by atoms with Crippen LogP contribution < -0.4 is 0 Å². The van der Waals surface area contributed by atoms with Gasteiger partial charge in [0.1, 0.15) is 0 Å². The Bertz CT molecular complexity index is 239. The van der Waals surface area contributed by atoms with E-state index in [-0.39, 0.29) is 12.5 Å². The SMILES string of the molecule is O=C(O)C12CCCC(CC(CO)C1)C2. The van der Waals surface area contributed by atoms with Gasteiger partial charge in [0, 0.05) is 6.61 Å². The fourth-order valence-electron chi connectivity index (χ4n) is 3.40. The van der Waals surface area contributed by atoms with Gasteiger partial charge in [0.15, 0.2) is 0 Å². The summed E-state index contributed by atoms with van der Waals surface area (Å²) in [5.74, 6) is 0.135. The number of rotatable bonds is 2. The van der Waals surface area contributed by atoms with Crippen molar-refractivity contribution in [2.75, 3.05) is 6.61 Å². The first kappa shape index (κ1) is 9.97. The highest BCUT2D eigenvalue weighted by Gasteiger charge is 2.47. The number of fused-ring (bicyclic) bond motifs is 2. The highest BCUT2D eigenvalue weighted by atomic mass is 16.4. The number of carboxylic acids is 1. The molecule has 0 aromatic carbocycles. The molecule has 0 amide bonds. The lowest BCUT2D eigenvalue weighted by Gasteiger charge is -2.45. The van der Waals surface area contributed by atoms with E-state index < -0.39 is 11.4 Å². The zero-order chi connectivity index (χ0) is 10.2. The molecular weight excluding hydrogens is 180 g/mol. The van der Waals surface area contributed by atoms with Crippen LogP contribution in [0.4, 0.5) is 0 Å². The molecule has 0 aliphatic heterocycles. The van der Waals surface area contributed by atoms with E-state index in [1.54, 1.807) is 0 Å². The summed E-state index contributed by atoms with van der Waals surface area (Å²) in [6.45, 7) is 0.158. The fraction of sp³-hybridized carbons (Fsp3) is 0.909. The molecule has 0 radical (unpaired) electrons. The van der Waals surface area contributed by atoms with Crippen molar-refractivity contribution in [2.45, 2.75) is 38.5 Å². The number of aliphatic hydroxyl groups is 1. The van der Waals surface area contributed by atoms with Gasteiger partial charge in [-0.2, -0.15) is 0 Å². The predicted octanol–water partition coefficient (Wildman–Crippen LogP) is 1.65. The summed E-state index contributed by atoms with van der Waals surface area (Å²) in [6, 6.07) is 0. The number of carbonyl (C=O) groups is 1. The Morgan fingerprint density at radius 2 is 2.21 bits per heavy atom. The van der Waals surface area contributed by atoms with Crippen LogP contribution in [0, 0.1) is 17.3 Å². The third kappa shape index (κ3) is 1.54. The first-order valence-electron chi connectivity index (χ1n) is 5.50. The minimum absolute atomic E-state index is 0.158. The average molecular weight is 198 g/mol. The number of carboxylic acid groups (broad SMARTS) is 1. The Kier molecular flexibility index (Phi) is 2.52. The van der Waals surface area contributed by atoms with Crippen molar-refractivity contribution in [1.82, 2.24) is 0 Å². The van der Waals surface area contributed by atoms with Crippen molar-refractivity contribution in [3.8, 4) is 0 Å². The second-order valence-corrected chi connectivity index (χ2v) is 5.04. The standard InChI is InChI=1S/C11H18O3/c12-7-9-4-8-2-1-3-11(5-8,6-9)10(13)14/h8-9,12H,1-7H2,(H,13,14). The molecule has 3 heteroatoms. The molecule has 3 atom stereocenters. The molecule has 2 aliphatic carbocycles. The van der Waals surface area contributed by atoms with Crippen LogP contribution in [-0.4, -0.2) is 22.8 Å². The summed E-state index contributed by atoms with van der Waals surface area (Å²) in [5.41, 5.74) is -0.492. The van der Waals surface area contributed by atoms with Crippen LogP contribution in [0.3, 0.4) is 0 Å². The van der Waals surface area contributed by atoms with Crippen LogP contribution in [0.2, 0.25) is 0 Å². The number of aliphatic carboxylic acids is 1. The van der Waals surface area contributed by atoms with Gasteiger partial charge in [-0.25, -0.2) is 0 Å². The molecular formula is C11H18O3. The van der Waals surface area contributed by atoms with Crippen LogP contribution in [0.1, 0.15) is 38.5 Å². The topological polar surface area (TPSA) is 57.5 Å². The molecule has 2 aliphatic rings. The van der Waals surface area contributed by atoms with Crippen molar-refractivity contribution in [3.63, 3.8) is 0 Å². The number of hydrogen-bond acceptors (Lipinski definition) is 2. The fourth-order valence-corrected chi connectivity index (χ4v) is 3.40. The van der Waals surface area contributed by atoms with Gasteiger partial charge in [0.05, 0.1) is 5.41 Å². The number of aliphatic hydroxyl groups excluding tert-OH is 1. The van der Waals surface area contributed by atoms with Crippen LogP contribution >= 0.6 is 0 Å². The van der Waals surface area contributed by atoms with E-state index >= 15 is 0 Å². The molecule has 0 saturated heterocycles. The molecule has 0 spiro atoms. The highest BCUT2D eigenvalue weighted by molar-refractivity contribution is 5.75. The molecule has 14 heavy (non-hydrogen) atoms. The molecule has 2 N–H and O–H groups in total. The van der Waals surface area contributed by atoms with E-state index in [1.807, 2.05) is 0 Å². The Labute approximate surface area is 84.1 Å². The van der Waals surface area contributed by atoms with Gasteiger partial charge in [-0.05, 0) is 37.5 Å². The maximum Gasteiger partial charge on any atom is 0.309 e. The summed E-state index contributed by atoms with van der Waals surface area (Å²) in [5, 5.41) is 18.4. The van der Waals surface area contributed by atoms with Gasteiger partial charge in [-0.3, -0.25) is 4.79 Å². The summed E-state index contributed by atoms with van der Waals surface area (Å²) < 4.78 is 0. The molecule has 80 valence electrons. The first-order chi connectivity index (χ1) is 6.66. The molecule has 0 aromatic rings. The van der Waals surface area contributed by atoms with E-state index in [9.17, 15) is 9.90 Å². The predicted molar refractivity (Wildman–Crippen MR) is 51.8 cm³/mol. The minimum Gasteiger partial charge on any atom is -0.481 e. The molecule has 2 fully saturated rings. The third-order valence-corrected chi connectivity index (χ3v) is 4.01. The van der Waals surface area contributed by atoms with Crippen LogP contribution in [0.5, 0.6) is 0 Å². The van der Waals surface area contributed by atoms with E-state index in [1.165, 1.54) is 0 Å². The average Bonchev–Trinajstić information content (AvgIpc) is 2.17. The Balaban J connectivity index is 2.17. The van der Waals surface area contributed by atoms with Gasteiger partial charge in [-0.1, -0.05) is 12.8 Å². The Hall–Kier alpha value is -0.570. The normalized spacial score (nSPS) is 42.1. The lowest BCUT2D eigenvalue weighted by atomic mass is 9.59. The summed E-state index contributed by atoms with van der Waals surface area (Å²) in [4.78, 5) is 11.3. The summed E-state index contributed by atoms with van der Waals surface area (Å²) in [7, 11) is 0. The molecule has 2 bridgehead atoms. The molecule has 2 rings (SSSR count). The Morgan fingerprint density at radius 1 is 1.43 bits per heavy atom. The lowest BCUT2D eigenvalue weighted by Crippen LogP contribution is -2.43. The summed E-state index contributed by atoms with van der Waals surface area (Å²) in [6.07, 6.45) is 5.59. The molecule has 3 unspecified atom stereocenters. The van der Waals surface area contributed by atoms with Crippen molar-refractivity contribution in [3.05, 3.63) is 0 Å². The second kappa shape index (κ2) is 3.54. The zero-order valence-electron chi connectivity index (χ0n) is 8.41. The summed E-state index contributed by atoms with van der Waals surface area (Å²) >= 11 is 0. The largest absolute Gasteiger partial charge is 0.481 e. The van der Waals surface area contributed by atoms with Crippen LogP contribution in [-0.2, 0) is 4.79 Å². The van der Waals surface area contributed by atoms with Gasteiger partial charge in [0.2, 0.25) is 0 Å². The van der Waals surface area contributed by atoms with E-state index in [0.29, 0.717) is 12.3 Å². The molecule has 2 saturated carbocycles. The smallest absolute Gasteiger partial charge is 0.309 e. The third-order valence-electron chi connectivity index (χ3n) is 4.01. The zero-order valence-corrected chi connectivity index (χ0v) is 8.41.